The molecule has 0 aliphatic heterocycles. The van der Waals surface area contributed by atoms with E-state index < -0.39 is 0 Å². The fraction of sp³-hybridized carbons (Fsp3) is 0.267. The molecule has 3 rings (SSSR count). The average molecular weight is 300 g/mol. The first-order valence-corrected chi connectivity index (χ1v) is 7.59. The van der Waals surface area contributed by atoms with Crippen LogP contribution in [0.1, 0.15) is 23.0 Å². The fourth-order valence-electron chi connectivity index (χ4n) is 2.26. The molecular formula is C15H16N4OS. The van der Waals surface area contributed by atoms with E-state index in [1.807, 2.05) is 18.5 Å². The molecule has 0 saturated carbocycles. The lowest BCUT2D eigenvalue weighted by molar-refractivity contribution is 0.0988. The maximum atomic E-state index is 12.3. The number of aromatic nitrogens is 3. The molecular weight excluding hydrogens is 284 g/mol. The minimum Gasteiger partial charge on any atom is -0.319 e. The minimum atomic E-state index is -0.256. The van der Waals surface area contributed by atoms with Gasteiger partial charge in [-0.1, -0.05) is 17.4 Å². The highest BCUT2D eigenvalue weighted by Crippen LogP contribution is 2.18. The molecule has 0 atom stereocenters. The van der Waals surface area contributed by atoms with Crippen molar-refractivity contribution in [3.63, 3.8) is 0 Å². The standard InChI is InChI=1S/C15H16N4OS/c1-4-19-12(7-8-16-19)14(20)17-15-18(3)11-6-5-10(2)9-13(11)21-15/h5-9H,4H2,1-3H3. The van der Waals surface area contributed by atoms with E-state index in [0.717, 1.165) is 10.2 Å². The van der Waals surface area contributed by atoms with E-state index in [-0.39, 0.29) is 5.91 Å². The van der Waals surface area contributed by atoms with Gasteiger partial charge in [-0.25, -0.2) is 0 Å². The lowest BCUT2D eigenvalue weighted by atomic mass is 10.2. The van der Waals surface area contributed by atoms with Crippen molar-refractivity contribution in [3.8, 4) is 0 Å². The normalized spacial score (nSPS) is 12.2. The summed E-state index contributed by atoms with van der Waals surface area (Å²) in [4.78, 5) is 17.3. The number of benzene rings is 1. The molecule has 2 aromatic heterocycles. The minimum absolute atomic E-state index is 0.256. The van der Waals surface area contributed by atoms with Crippen LogP contribution in [0.25, 0.3) is 10.2 Å². The van der Waals surface area contributed by atoms with Crippen LogP contribution in [0.4, 0.5) is 0 Å². The Labute approximate surface area is 126 Å². The van der Waals surface area contributed by atoms with Gasteiger partial charge in [-0.15, -0.1) is 0 Å². The molecule has 1 amide bonds. The Balaban J connectivity index is 2.11. The van der Waals surface area contributed by atoms with Crippen LogP contribution in [0.2, 0.25) is 0 Å². The third-order valence-electron chi connectivity index (χ3n) is 3.40. The van der Waals surface area contributed by atoms with Gasteiger partial charge in [-0.2, -0.15) is 10.1 Å². The van der Waals surface area contributed by atoms with E-state index in [1.165, 1.54) is 16.9 Å². The highest BCUT2D eigenvalue weighted by molar-refractivity contribution is 7.16. The van der Waals surface area contributed by atoms with E-state index in [1.54, 1.807) is 16.9 Å². The number of aryl methyl sites for hydroxylation is 3. The predicted octanol–water partition coefficient (Wildman–Crippen LogP) is 2.51. The van der Waals surface area contributed by atoms with Gasteiger partial charge in [0.1, 0.15) is 5.69 Å². The second kappa shape index (κ2) is 5.29. The van der Waals surface area contributed by atoms with Crippen LogP contribution in [-0.2, 0) is 13.6 Å². The molecule has 0 N–H and O–H groups in total. The van der Waals surface area contributed by atoms with Crippen molar-refractivity contribution >= 4 is 27.5 Å². The summed E-state index contributed by atoms with van der Waals surface area (Å²) in [5.74, 6) is -0.256. The summed E-state index contributed by atoms with van der Waals surface area (Å²) in [6.45, 7) is 4.66. The van der Waals surface area contributed by atoms with Crippen LogP contribution in [-0.4, -0.2) is 20.3 Å². The number of hydrogen-bond acceptors (Lipinski definition) is 3. The largest absolute Gasteiger partial charge is 0.319 e. The quantitative estimate of drug-likeness (QED) is 0.730. The summed E-state index contributed by atoms with van der Waals surface area (Å²) in [5, 5.41) is 4.11. The number of amides is 1. The first kappa shape index (κ1) is 13.8. The van der Waals surface area contributed by atoms with Gasteiger partial charge in [0.05, 0.1) is 10.2 Å². The maximum absolute atomic E-state index is 12.3. The Morgan fingerprint density at radius 3 is 2.95 bits per heavy atom. The summed E-state index contributed by atoms with van der Waals surface area (Å²) in [7, 11) is 1.93. The average Bonchev–Trinajstić information content (AvgIpc) is 3.04. The summed E-state index contributed by atoms with van der Waals surface area (Å²) < 4.78 is 4.74. The summed E-state index contributed by atoms with van der Waals surface area (Å²) in [5.41, 5.74) is 2.80. The molecule has 0 unspecified atom stereocenters. The van der Waals surface area contributed by atoms with Gasteiger partial charge in [0, 0.05) is 19.8 Å². The summed E-state index contributed by atoms with van der Waals surface area (Å²) in [6.07, 6.45) is 1.63. The summed E-state index contributed by atoms with van der Waals surface area (Å²) >= 11 is 1.52. The van der Waals surface area contributed by atoms with Crippen molar-refractivity contribution < 1.29 is 4.79 Å². The van der Waals surface area contributed by atoms with Crippen molar-refractivity contribution in [2.75, 3.05) is 0 Å². The monoisotopic (exact) mass is 300 g/mol. The number of carbonyl (C=O) groups is 1. The Hall–Kier alpha value is -2.21. The molecule has 0 saturated heterocycles. The van der Waals surface area contributed by atoms with Crippen molar-refractivity contribution in [2.45, 2.75) is 20.4 Å². The smallest absolute Gasteiger partial charge is 0.297 e. The van der Waals surface area contributed by atoms with Crippen molar-refractivity contribution in [3.05, 3.63) is 46.5 Å². The van der Waals surface area contributed by atoms with Crippen LogP contribution in [0.15, 0.2) is 35.5 Å². The zero-order valence-corrected chi connectivity index (χ0v) is 13.0. The van der Waals surface area contributed by atoms with Gasteiger partial charge in [-0.05, 0) is 37.6 Å². The molecule has 3 aromatic rings. The zero-order chi connectivity index (χ0) is 15.0. The lowest BCUT2D eigenvalue weighted by Gasteiger charge is -1.99. The van der Waals surface area contributed by atoms with Crippen LogP contribution in [0.5, 0.6) is 0 Å². The van der Waals surface area contributed by atoms with Crippen molar-refractivity contribution in [1.29, 1.82) is 0 Å². The van der Waals surface area contributed by atoms with Gasteiger partial charge in [0.2, 0.25) is 0 Å². The molecule has 5 nitrogen and oxygen atoms in total. The SMILES string of the molecule is CCn1nccc1C(=O)N=c1sc2cc(C)ccc2n1C. The Morgan fingerprint density at radius 2 is 2.19 bits per heavy atom. The van der Waals surface area contributed by atoms with E-state index in [2.05, 4.69) is 35.2 Å². The Bertz CT molecular complexity index is 885. The number of rotatable bonds is 2. The highest BCUT2D eigenvalue weighted by Gasteiger charge is 2.11. The zero-order valence-electron chi connectivity index (χ0n) is 12.2. The number of thiazole rings is 1. The molecule has 0 fully saturated rings. The van der Waals surface area contributed by atoms with Crippen LogP contribution >= 0.6 is 11.3 Å². The molecule has 0 spiro atoms. The third kappa shape index (κ3) is 2.42. The Morgan fingerprint density at radius 1 is 1.38 bits per heavy atom. The first-order valence-electron chi connectivity index (χ1n) is 6.77. The van der Waals surface area contributed by atoms with Gasteiger partial charge in [0.25, 0.3) is 5.91 Å². The number of hydrogen-bond donors (Lipinski definition) is 0. The first-order chi connectivity index (χ1) is 10.1. The van der Waals surface area contributed by atoms with E-state index in [9.17, 15) is 4.79 Å². The topological polar surface area (TPSA) is 52.2 Å². The maximum Gasteiger partial charge on any atom is 0.297 e. The second-order valence-electron chi connectivity index (χ2n) is 4.86. The number of carbonyl (C=O) groups excluding carboxylic acids is 1. The van der Waals surface area contributed by atoms with E-state index in [0.29, 0.717) is 17.0 Å². The van der Waals surface area contributed by atoms with E-state index in [4.69, 9.17) is 0 Å². The molecule has 0 radical (unpaired) electrons. The lowest BCUT2D eigenvalue weighted by Crippen LogP contribution is -2.15. The van der Waals surface area contributed by atoms with Crippen LogP contribution in [0, 0.1) is 6.92 Å². The van der Waals surface area contributed by atoms with Crippen molar-refractivity contribution in [1.82, 2.24) is 14.3 Å². The van der Waals surface area contributed by atoms with Gasteiger partial charge < -0.3 is 4.57 Å². The fourth-order valence-corrected chi connectivity index (χ4v) is 3.37. The number of fused-ring (bicyclic) bond motifs is 1. The van der Waals surface area contributed by atoms with Crippen LogP contribution < -0.4 is 4.80 Å². The molecule has 0 bridgehead atoms. The molecule has 108 valence electrons. The molecule has 0 aliphatic carbocycles. The Kier molecular flexibility index (Phi) is 3.47. The second-order valence-corrected chi connectivity index (χ2v) is 5.87. The highest BCUT2D eigenvalue weighted by atomic mass is 32.1. The third-order valence-corrected chi connectivity index (χ3v) is 4.49. The van der Waals surface area contributed by atoms with Gasteiger partial charge >= 0.3 is 0 Å². The van der Waals surface area contributed by atoms with Gasteiger partial charge in [-0.3, -0.25) is 9.48 Å². The van der Waals surface area contributed by atoms with Gasteiger partial charge in [0.15, 0.2) is 4.80 Å². The van der Waals surface area contributed by atoms with Crippen LogP contribution in [0.3, 0.4) is 0 Å². The predicted molar refractivity (Wildman–Crippen MR) is 83.3 cm³/mol. The molecule has 21 heavy (non-hydrogen) atoms. The number of nitrogens with zero attached hydrogens (tertiary/aromatic N) is 4. The molecule has 2 heterocycles. The van der Waals surface area contributed by atoms with E-state index >= 15 is 0 Å². The molecule has 0 aliphatic rings. The van der Waals surface area contributed by atoms with Crippen molar-refractivity contribution in [2.24, 2.45) is 12.0 Å². The molecule has 6 heteroatoms. The summed E-state index contributed by atoms with van der Waals surface area (Å²) in [6, 6.07) is 7.93. The molecule has 1 aromatic carbocycles.